The molecule has 0 aromatic heterocycles. The summed E-state index contributed by atoms with van der Waals surface area (Å²) in [4.78, 5) is 12.7. The summed E-state index contributed by atoms with van der Waals surface area (Å²) in [5, 5.41) is 2.96. The lowest BCUT2D eigenvalue weighted by Crippen LogP contribution is -2.15. The van der Waals surface area contributed by atoms with Gasteiger partial charge in [0.05, 0.1) is 5.92 Å². The van der Waals surface area contributed by atoms with Crippen LogP contribution in [0.15, 0.2) is 30.3 Å². The third-order valence-corrected chi connectivity index (χ3v) is 6.70. The Kier molecular flexibility index (Phi) is 2.94. The predicted molar refractivity (Wildman–Crippen MR) is 92.5 cm³/mol. The van der Waals surface area contributed by atoms with Gasteiger partial charge in [0.25, 0.3) is 0 Å². The zero-order valence-corrected chi connectivity index (χ0v) is 14.7. The lowest BCUT2D eigenvalue weighted by molar-refractivity contribution is -0.152. The molecular formula is C20H21ClO2. The first-order valence-electron chi connectivity index (χ1n) is 8.15. The largest absolute Gasteiger partial charge is 0.457 e. The molecule has 1 saturated carbocycles. The summed E-state index contributed by atoms with van der Waals surface area (Å²) in [5.41, 5.74) is 2.31. The minimum absolute atomic E-state index is 0.00482. The second kappa shape index (κ2) is 4.51. The first kappa shape index (κ1) is 15.0. The van der Waals surface area contributed by atoms with Gasteiger partial charge >= 0.3 is 5.97 Å². The maximum absolute atomic E-state index is 12.7. The fraction of sp³-hybridized carbons (Fsp3) is 0.450. The van der Waals surface area contributed by atoms with Crippen LogP contribution in [-0.4, -0.2) is 5.97 Å². The van der Waals surface area contributed by atoms with Crippen molar-refractivity contribution >= 4 is 28.3 Å². The number of hydrogen-bond acceptors (Lipinski definition) is 2. The van der Waals surface area contributed by atoms with Crippen LogP contribution in [0.25, 0.3) is 10.8 Å². The van der Waals surface area contributed by atoms with Gasteiger partial charge in [-0.3, -0.25) is 4.79 Å². The Morgan fingerprint density at radius 3 is 2.48 bits per heavy atom. The van der Waals surface area contributed by atoms with Crippen LogP contribution in [0.1, 0.15) is 44.9 Å². The summed E-state index contributed by atoms with van der Waals surface area (Å²) in [6.07, 6.45) is 0.554. The van der Waals surface area contributed by atoms with Gasteiger partial charge in [-0.15, -0.1) is 0 Å². The Bertz CT molecular complexity index is 821. The number of carbonyl (C=O) groups is 1. The van der Waals surface area contributed by atoms with Crippen molar-refractivity contribution in [3.8, 4) is 0 Å². The van der Waals surface area contributed by atoms with Crippen LogP contribution >= 0.6 is 11.6 Å². The molecular weight excluding hydrogens is 308 g/mol. The zero-order chi connectivity index (χ0) is 16.6. The lowest BCUT2D eigenvalue weighted by Gasteiger charge is -2.14. The molecule has 1 atom stereocenters. The minimum Gasteiger partial charge on any atom is -0.457 e. The highest BCUT2D eigenvalue weighted by Gasteiger charge is 2.69. The maximum atomic E-state index is 12.7. The molecule has 1 unspecified atom stereocenters. The van der Waals surface area contributed by atoms with Gasteiger partial charge < -0.3 is 4.74 Å². The third kappa shape index (κ3) is 1.91. The Hall–Kier alpha value is -1.54. The normalized spacial score (nSPS) is 24.0. The van der Waals surface area contributed by atoms with E-state index in [1.807, 2.05) is 24.3 Å². The second-order valence-corrected chi connectivity index (χ2v) is 8.39. The number of esters is 1. The van der Waals surface area contributed by atoms with Crippen LogP contribution in [0.4, 0.5) is 0 Å². The first-order chi connectivity index (χ1) is 10.7. The standard InChI is InChI=1S/C20H21ClO2/c1-19(2)17(20(19,3)4)18(22)23-15-10-11-6-5-7-12-14(21)9-8-13(15)16(11)12/h5-9,15,17H,10H2,1-4H3. The van der Waals surface area contributed by atoms with Crippen molar-refractivity contribution in [2.24, 2.45) is 16.7 Å². The van der Waals surface area contributed by atoms with Crippen LogP contribution in [-0.2, 0) is 16.0 Å². The summed E-state index contributed by atoms with van der Waals surface area (Å²) in [6.45, 7) is 8.57. The number of carbonyl (C=O) groups excluding carboxylic acids is 1. The minimum atomic E-state index is -0.188. The van der Waals surface area contributed by atoms with Crippen molar-refractivity contribution < 1.29 is 9.53 Å². The van der Waals surface area contributed by atoms with E-state index in [1.165, 1.54) is 5.56 Å². The molecule has 2 nitrogen and oxygen atoms in total. The quantitative estimate of drug-likeness (QED) is 0.698. The number of ether oxygens (including phenoxy) is 1. The molecule has 0 saturated heterocycles. The summed E-state index contributed by atoms with van der Waals surface area (Å²) < 4.78 is 5.94. The third-order valence-electron chi connectivity index (χ3n) is 6.37. The Balaban J connectivity index is 1.65. The second-order valence-electron chi connectivity index (χ2n) is 7.98. The van der Waals surface area contributed by atoms with Crippen molar-refractivity contribution in [3.63, 3.8) is 0 Å². The summed E-state index contributed by atoms with van der Waals surface area (Å²) in [7, 11) is 0. The van der Waals surface area contributed by atoms with Gasteiger partial charge in [0, 0.05) is 22.4 Å². The lowest BCUT2D eigenvalue weighted by atomic mass is 10.0. The van der Waals surface area contributed by atoms with E-state index in [4.69, 9.17) is 16.3 Å². The Morgan fingerprint density at radius 2 is 1.83 bits per heavy atom. The number of halogens is 1. The average molecular weight is 329 g/mol. The monoisotopic (exact) mass is 328 g/mol. The van der Waals surface area contributed by atoms with Crippen molar-refractivity contribution in [1.29, 1.82) is 0 Å². The van der Waals surface area contributed by atoms with Crippen LogP contribution in [0, 0.1) is 16.7 Å². The molecule has 1 fully saturated rings. The Morgan fingerprint density at radius 1 is 1.13 bits per heavy atom. The molecule has 2 aromatic rings. The summed E-state index contributed by atoms with van der Waals surface area (Å²) >= 11 is 6.31. The van der Waals surface area contributed by atoms with E-state index in [0.717, 1.165) is 27.8 Å². The number of rotatable bonds is 2. The fourth-order valence-electron chi connectivity index (χ4n) is 4.32. The number of hydrogen-bond donors (Lipinski definition) is 0. The molecule has 0 heterocycles. The predicted octanol–water partition coefficient (Wildman–Crippen LogP) is 5.32. The molecule has 23 heavy (non-hydrogen) atoms. The van der Waals surface area contributed by atoms with Gasteiger partial charge in [0.1, 0.15) is 6.10 Å². The van der Waals surface area contributed by atoms with Gasteiger partial charge in [-0.1, -0.05) is 63.6 Å². The molecule has 0 bridgehead atoms. The topological polar surface area (TPSA) is 26.3 Å². The highest BCUT2D eigenvalue weighted by Crippen LogP contribution is 2.69. The highest BCUT2D eigenvalue weighted by atomic mass is 35.5. The summed E-state index contributed by atoms with van der Waals surface area (Å²) in [5.74, 6) is -0.0950. The van der Waals surface area contributed by atoms with Crippen molar-refractivity contribution in [2.75, 3.05) is 0 Å². The van der Waals surface area contributed by atoms with E-state index in [9.17, 15) is 4.79 Å². The molecule has 3 heteroatoms. The van der Waals surface area contributed by atoms with Crippen LogP contribution in [0.2, 0.25) is 5.02 Å². The molecule has 0 N–H and O–H groups in total. The zero-order valence-electron chi connectivity index (χ0n) is 13.9. The Labute approximate surface area is 141 Å². The van der Waals surface area contributed by atoms with E-state index in [1.54, 1.807) is 0 Å². The smallest absolute Gasteiger partial charge is 0.310 e. The average Bonchev–Trinajstić information content (AvgIpc) is 2.75. The fourth-order valence-corrected chi connectivity index (χ4v) is 4.54. The van der Waals surface area contributed by atoms with E-state index in [-0.39, 0.29) is 28.8 Å². The van der Waals surface area contributed by atoms with Gasteiger partial charge in [-0.25, -0.2) is 0 Å². The molecule has 2 aliphatic rings. The van der Waals surface area contributed by atoms with Crippen molar-refractivity contribution in [2.45, 2.75) is 40.2 Å². The van der Waals surface area contributed by atoms with Crippen LogP contribution in [0.3, 0.4) is 0 Å². The molecule has 0 spiro atoms. The van der Waals surface area contributed by atoms with E-state index in [0.29, 0.717) is 0 Å². The molecule has 120 valence electrons. The maximum Gasteiger partial charge on any atom is 0.310 e. The molecule has 2 aromatic carbocycles. The SMILES string of the molecule is CC1(C)C(C(=O)OC2Cc3cccc4c(Cl)ccc2c34)C1(C)C. The van der Waals surface area contributed by atoms with E-state index >= 15 is 0 Å². The van der Waals surface area contributed by atoms with E-state index in [2.05, 4.69) is 33.8 Å². The van der Waals surface area contributed by atoms with Gasteiger partial charge in [0.15, 0.2) is 0 Å². The molecule has 0 aliphatic heterocycles. The summed E-state index contributed by atoms with van der Waals surface area (Å²) in [6, 6.07) is 10.1. The molecule has 0 amide bonds. The van der Waals surface area contributed by atoms with Gasteiger partial charge in [0.2, 0.25) is 0 Å². The molecule has 4 rings (SSSR count). The van der Waals surface area contributed by atoms with Crippen molar-refractivity contribution in [1.82, 2.24) is 0 Å². The van der Waals surface area contributed by atoms with Gasteiger partial charge in [-0.2, -0.15) is 0 Å². The van der Waals surface area contributed by atoms with Crippen molar-refractivity contribution in [3.05, 3.63) is 46.5 Å². The van der Waals surface area contributed by atoms with Crippen LogP contribution in [0.5, 0.6) is 0 Å². The van der Waals surface area contributed by atoms with Gasteiger partial charge in [-0.05, 0) is 27.8 Å². The first-order valence-corrected chi connectivity index (χ1v) is 8.53. The molecule has 0 radical (unpaired) electrons. The van der Waals surface area contributed by atoms with E-state index < -0.39 is 0 Å². The number of benzene rings is 2. The highest BCUT2D eigenvalue weighted by molar-refractivity contribution is 6.35. The molecule has 2 aliphatic carbocycles. The van der Waals surface area contributed by atoms with Crippen LogP contribution < -0.4 is 0 Å².